The molecule has 0 bridgehead atoms. The zero-order valence-electron chi connectivity index (χ0n) is 26.4. The van der Waals surface area contributed by atoms with Gasteiger partial charge in [0, 0.05) is 66.8 Å². The van der Waals surface area contributed by atoms with Crippen molar-refractivity contribution in [3.05, 3.63) is 47.2 Å². The van der Waals surface area contributed by atoms with Gasteiger partial charge in [-0.15, -0.1) is 0 Å². The summed E-state index contributed by atoms with van der Waals surface area (Å²) < 4.78 is 23.2. The first kappa shape index (κ1) is 30.4. The van der Waals surface area contributed by atoms with Crippen LogP contribution in [-0.4, -0.2) is 120 Å². The number of hydrogen-bond donors (Lipinski definition) is 2. The highest BCUT2D eigenvalue weighted by molar-refractivity contribution is 6.20. The summed E-state index contributed by atoms with van der Waals surface area (Å²) in [6, 6.07) is 5.98. The molecule has 0 aromatic heterocycles. The number of hydrogen-bond acceptors (Lipinski definition) is 9. The number of nitrogens with two attached hydrogens (primary N) is 1. The van der Waals surface area contributed by atoms with Crippen LogP contribution in [0.15, 0.2) is 36.0 Å². The van der Waals surface area contributed by atoms with E-state index < -0.39 is 54.1 Å². The highest BCUT2D eigenvalue weighted by atomic mass is 19.1. The first-order valence-electron chi connectivity index (χ1n) is 17.2. The van der Waals surface area contributed by atoms with Crippen LogP contribution in [-0.2, 0) is 14.3 Å². The van der Waals surface area contributed by atoms with E-state index in [0.29, 0.717) is 49.6 Å². The van der Waals surface area contributed by atoms with Crippen LogP contribution in [0, 0.1) is 17.8 Å². The normalized spacial score (nSPS) is 40.6. The van der Waals surface area contributed by atoms with Gasteiger partial charge in [0.2, 0.25) is 0 Å². The van der Waals surface area contributed by atoms with Crippen molar-refractivity contribution in [2.24, 2.45) is 23.5 Å². The minimum atomic E-state index is -1.33. The van der Waals surface area contributed by atoms with Crippen molar-refractivity contribution in [2.75, 3.05) is 33.2 Å². The Labute approximate surface area is 268 Å². The Hall–Kier alpha value is -2.99. The van der Waals surface area contributed by atoms with E-state index in [2.05, 4.69) is 27.1 Å². The molecule has 8 rings (SSSR count). The molecule has 11 heteroatoms. The topological polar surface area (TPSA) is 125 Å². The minimum absolute atomic E-state index is 0.00197. The van der Waals surface area contributed by atoms with E-state index in [1.54, 1.807) is 30.5 Å². The predicted molar refractivity (Wildman–Crippen MR) is 167 cm³/mol. The Bertz CT molecular complexity index is 1480. The molecular weight excluding hydrogens is 589 g/mol. The number of ketones is 3. The molecule has 3 N–H and O–H groups in total. The van der Waals surface area contributed by atoms with E-state index in [0.717, 1.165) is 32.2 Å². The summed E-state index contributed by atoms with van der Waals surface area (Å²) in [6.07, 6.45) is 3.75. The lowest BCUT2D eigenvalue weighted by Gasteiger charge is -2.61. The third-order valence-electron chi connectivity index (χ3n) is 12.3. The number of Topliss-reactive ketones (excluding diaryl/α,β-unsaturated/α-hetero) is 3. The van der Waals surface area contributed by atoms with Gasteiger partial charge >= 0.3 is 0 Å². The molecule has 0 spiro atoms. The van der Waals surface area contributed by atoms with Crippen LogP contribution in [0.1, 0.15) is 65.7 Å². The maximum absolute atomic E-state index is 16.3. The number of fused-ring (bicyclic) bond motifs is 4. The van der Waals surface area contributed by atoms with Gasteiger partial charge in [-0.2, -0.15) is 0 Å². The largest absolute Gasteiger partial charge is 0.369 e. The number of amides is 1. The molecule has 1 aromatic rings. The Morgan fingerprint density at radius 1 is 0.978 bits per heavy atom. The fraction of sp³-hybridized carbons (Fsp3) is 0.657. The average molecular weight is 634 g/mol. The summed E-state index contributed by atoms with van der Waals surface area (Å²) in [5, 5.41) is 2.98. The smallest absolute Gasteiger partial charge is 0.256 e. The lowest BCUT2D eigenvalue weighted by molar-refractivity contribution is -0.214. The van der Waals surface area contributed by atoms with Crippen LogP contribution in [0.2, 0.25) is 0 Å². The van der Waals surface area contributed by atoms with Gasteiger partial charge in [-0.25, -0.2) is 4.39 Å². The van der Waals surface area contributed by atoms with Crippen molar-refractivity contribution >= 4 is 23.3 Å². The lowest BCUT2D eigenvalue weighted by Crippen LogP contribution is -2.74. The number of carbonyl (C=O) groups excluding carboxylic acids is 4. The van der Waals surface area contributed by atoms with Crippen LogP contribution < -0.4 is 11.1 Å². The SMILES string of the molecule is CN1CCCC1CCNC(=O)C1=CN2C3CC4C(=O)c5ccccc5C(=O)C4CC3OC3C(N4CCC(N)C4)C(F)CC(C1=O)C32. The Morgan fingerprint density at radius 2 is 1.72 bits per heavy atom. The number of carbonyl (C=O) groups is 4. The molecule has 1 aromatic carbocycles. The molecule has 4 heterocycles. The summed E-state index contributed by atoms with van der Waals surface area (Å²) in [6.45, 7) is 2.70. The summed E-state index contributed by atoms with van der Waals surface area (Å²) >= 11 is 0. The second-order valence-corrected chi connectivity index (χ2v) is 14.7. The van der Waals surface area contributed by atoms with Crippen molar-refractivity contribution in [1.82, 2.24) is 20.0 Å². The monoisotopic (exact) mass is 633 g/mol. The number of benzene rings is 1. The minimum Gasteiger partial charge on any atom is -0.369 e. The number of morpholine rings is 1. The van der Waals surface area contributed by atoms with Gasteiger partial charge in [-0.3, -0.25) is 24.1 Å². The van der Waals surface area contributed by atoms with Gasteiger partial charge in [0.25, 0.3) is 5.91 Å². The third-order valence-corrected chi connectivity index (χ3v) is 12.3. The van der Waals surface area contributed by atoms with Crippen LogP contribution in [0.4, 0.5) is 4.39 Å². The number of nitrogens with zero attached hydrogens (tertiary/aromatic N) is 3. The highest BCUT2D eigenvalue weighted by Crippen LogP contribution is 2.50. The average Bonchev–Trinajstić information content (AvgIpc) is 3.67. The number of likely N-dealkylation sites (tertiary alicyclic amines) is 2. The molecule has 46 heavy (non-hydrogen) atoms. The van der Waals surface area contributed by atoms with Gasteiger partial charge in [-0.05, 0) is 58.5 Å². The zero-order valence-corrected chi connectivity index (χ0v) is 26.4. The van der Waals surface area contributed by atoms with E-state index in [9.17, 15) is 19.2 Å². The van der Waals surface area contributed by atoms with Gasteiger partial charge < -0.3 is 25.6 Å². The first-order valence-corrected chi connectivity index (χ1v) is 17.2. The fourth-order valence-electron chi connectivity index (χ4n) is 9.96. The molecule has 246 valence electrons. The van der Waals surface area contributed by atoms with Gasteiger partial charge in [0.15, 0.2) is 17.3 Å². The van der Waals surface area contributed by atoms with Crippen LogP contribution in [0.5, 0.6) is 0 Å². The molecule has 0 radical (unpaired) electrons. The van der Waals surface area contributed by atoms with E-state index in [1.165, 1.54) is 0 Å². The molecule has 11 atom stereocenters. The number of alkyl halides is 1. The number of ether oxygens (including phenoxy) is 1. The number of nitrogens with one attached hydrogen (secondary N) is 1. The van der Waals surface area contributed by atoms with Crippen LogP contribution in [0.3, 0.4) is 0 Å². The third kappa shape index (κ3) is 4.79. The first-order chi connectivity index (χ1) is 22.2. The van der Waals surface area contributed by atoms with Crippen molar-refractivity contribution < 1.29 is 28.3 Å². The molecule has 10 nitrogen and oxygen atoms in total. The molecule has 1 amide bonds. The van der Waals surface area contributed by atoms with Gasteiger partial charge in [-0.1, -0.05) is 24.3 Å². The summed E-state index contributed by atoms with van der Waals surface area (Å²) in [7, 11) is 2.09. The van der Waals surface area contributed by atoms with Crippen LogP contribution >= 0.6 is 0 Å². The molecule has 3 aliphatic carbocycles. The zero-order chi connectivity index (χ0) is 31.9. The Balaban J connectivity index is 1.13. The lowest BCUT2D eigenvalue weighted by atomic mass is 9.63. The maximum atomic E-state index is 16.3. The molecule has 2 saturated carbocycles. The molecule has 3 saturated heterocycles. The van der Waals surface area contributed by atoms with E-state index in [4.69, 9.17) is 10.5 Å². The Kier molecular flexibility index (Phi) is 7.66. The van der Waals surface area contributed by atoms with Crippen molar-refractivity contribution in [1.29, 1.82) is 0 Å². The van der Waals surface area contributed by atoms with Crippen molar-refractivity contribution in [3.63, 3.8) is 0 Å². The van der Waals surface area contributed by atoms with E-state index in [1.807, 2.05) is 0 Å². The number of rotatable bonds is 5. The maximum Gasteiger partial charge on any atom is 0.256 e. The standard InChI is InChI=1S/C35H44FN5O5/c1-39-11-4-5-19(39)8-10-38-35(45)25-17-41-27-14-22-23(32(43)21-7-3-2-6-20(21)31(22)42)15-28(27)46-34-29(41)24(33(25)44)13-26(36)30(34)40-12-9-18(37)16-40/h2-3,6-7,17-19,22-24,26-30,34H,4-5,8-16,37H2,1H3,(H,38,45). The molecular formula is C35H44FN5O5. The molecule has 11 unspecified atom stereocenters. The van der Waals surface area contributed by atoms with E-state index >= 15 is 4.39 Å². The quantitative estimate of drug-likeness (QED) is 0.467. The van der Waals surface area contributed by atoms with E-state index in [-0.39, 0.29) is 41.4 Å². The molecule has 4 aliphatic heterocycles. The summed E-state index contributed by atoms with van der Waals surface area (Å²) in [4.78, 5) is 61.6. The second-order valence-electron chi connectivity index (χ2n) is 14.7. The van der Waals surface area contributed by atoms with Gasteiger partial charge in [0.1, 0.15) is 6.17 Å². The van der Waals surface area contributed by atoms with Crippen molar-refractivity contribution in [2.45, 2.75) is 93.5 Å². The Morgan fingerprint density at radius 3 is 2.39 bits per heavy atom. The molecule has 7 aliphatic rings. The highest BCUT2D eigenvalue weighted by Gasteiger charge is 2.62. The van der Waals surface area contributed by atoms with Gasteiger partial charge in [0.05, 0.1) is 35.9 Å². The molecule has 5 fully saturated rings. The second kappa shape index (κ2) is 11.6. The fourth-order valence-corrected chi connectivity index (χ4v) is 9.96. The summed E-state index contributed by atoms with van der Waals surface area (Å²) in [5.74, 6) is -2.64. The van der Waals surface area contributed by atoms with Crippen LogP contribution in [0.25, 0.3) is 0 Å². The summed E-state index contributed by atoms with van der Waals surface area (Å²) in [5.41, 5.74) is 7.21. The predicted octanol–water partition coefficient (Wildman–Crippen LogP) is 1.73. The van der Waals surface area contributed by atoms with Crippen molar-refractivity contribution in [3.8, 4) is 0 Å². The number of halogens is 1.